The van der Waals surface area contributed by atoms with Gasteiger partial charge in [0, 0.05) is 12.6 Å². The largest absolute Gasteiger partial charge is 0.573 e. The molecular formula is C18H18F3NO3S. The summed E-state index contributed by atoms with van der Waals surface area (Å²) in [7, 11) is -4.10. The number of benzene rings is 2. The first-order chi connectivity index (χ1) is 12.3. The lowest BCUT2D eigenvalue weighted by Gasteiger charge is -2.25. The Labute approximate surface area is 150 Å². The summed E-state index contributed by atoms with van der Waals surface area (Å²) in [5.74, 6) is -0.703. The van der Waals surface area contributed by atoms with Crippen LogP contribution in [0.15, 0.2) is 59.5 Å². The molecule has 3 rings (SSSR count). The van der Waals surface area contributed by atoms with Gasteiger partial charge in [-0.2, -0.15) is 4.31 Å². The van der Waals surface area contributed by atoms with E-state index in [0.717, 1.165) is 17.7 Å². The summed E-state index contributed by atoms with van der Waals surface area (Å²) in [6.07, 6.45) is -3.11. The minimum absolute atomic E-state index is 0.278. The average Bonchev–Trinajstić information content (AvgIpc) is 3.03. The van der Waals surface area contributed by atoms with Crippen LogP contribution >= 0.6 is 0 Å². The van der Waals surface area contributed by atoms with E-state index < -0.39 is 27.0 Å². The molecule has 1 atom stereocenters. The third-order valence-corrected chi connectivity index (χ3v) is 6.29. The maximum atomic E-state index is 13.0. The number of alkyl halides is 3. The van der Waals surface area contributed by atoms with Gasteiger partial charge in [-0.05, 0) is 37.0 Å². The van der Waals surface area contributed by atoms with Crippen molar-refractivity contribution in [2.24, 2.45) is 0 Å². The number of para-hydroxylation sites is 1. The zero-order valence-corrected chi connectivity index (χ0v) is 14.6. The lowest BCUT2D eigenvalue weighted by Crippen LogP contribution is -2.37. The van der Waals surface area contributed by atoms with Gasteiger partial charge in [0.05, 0.1) is 0 Å². The van der Waals surface area contributed by atoms with E-state index in [0.29, 0.717) is 19.3 Å². The second kappa shape index (κ2) is 7.28. The lowest BCUT2D eigenvalue weighted by molar-refractivity contribution is -0.275. The van der Waals surface area contributed by atoms with Gasteiger partial charge in [-0.3, -0.25) is 0 Å². The maximum Gasteiger partial charge on any atom is 0.573 e. The van der Waals surface area contributed by atoms with Crippen LogP contribution in [-0.4, -0.2) is 31.7 Å². The van der Waals surface area contributed by atoms with E-state index in [-0.39, 0.29) is 12.6 Å². The molecule has 4 nitrogen and oxygen atoms in total. The Morgan fingerprint density at radius 3 is 2.38 bits per heavy atom. The van der Waals surface area contributed by atoms with Crippen LogP contribution < -0.4 is 4.74 Å². The van der Waals surface area contributed by atoms with Crippen LogP contribution in [-0.2, 0) is 16.4 Å². The van der Waals surface area contributed by atoms with Crippen molar-refractivity contribution in [1.29, 1.82) is 0 Å². The molecule has 1 aliphatic heterocycles. The van der Waals surface area contributed by atoms with Gasteiger partial charge in [0.2, 0.25) is 10.0 Å². The molecule has 140 valence electrons. The quantitative estimate of drug-likeness (QED) is 0.782. The molecule has 0 radical (unpaired) electrons. The smallest absolute Gasteiger partial charge is 0.404 e. The summed E-state index contributed by atoms with van der Waals surface area (Å²) in [4.78, 5) is -0.461. The van der Waals surface area contributed by atoms with Crippen LogP contribution in [0.2, 0.25) is 0 Å². The minimum Gasteiger partial charge on any atom is -0.404 e. The molecule has 0 N–H and O–H groups in total. The number of nitrogens with zero attached hydrogens (tertiary/aromatic N) is 1. The van der Waals surface area contributed by atoms with Crippen LogP contribution in [0.3, 0.4) is 0 Å². The third-order valence-electron chi connectivity index (χ3n) is 4.30. The molecule has 8 heteroatoms. The van der Waals surface area contributed by atoms with Crippen LogP contribution in [0.25, 0.3) is 0 Å². The SMILES string of the molecule is O=S(=O)(c1ccccc1OC(F)(F)F)N1CCCC1Cc1ccccc1. The van der Waals surface area contributed by atoms with Crippen molar-refractivity contribution < 1.29 is 26.3 Å². The third kappa shape index (κ3) is 4.19. The fourth-order valence-corrected chi connectivity index (χ4v) is 5.02. The van der Waals surface area contributed by atoms with Crippen molar-refractivity contribution in [1.82, 2.24) is 4.31 Å². The highest BCUT2D eigenvalue weighted by molar-refractivity contribution is 7.89. The summed E-state index contributed by atoms with van der Waals surface area (Å²) in [5, 5.41) is 0. The summed E-state index contributed by atoms with van der Waals surface area (Å²) in [6.45, 7) is 0.278. The monoisotopic (exact) mass is 385 g/mol. The second-order valence-corrected chi connectivity index (χ2v) is 7.96. The van der Waals surface area contributed by atoms with Crippen LogP contribution in [0.1, 0.15) is 18.4 Å². The van der Waals surface area contributed by atoms with E-state index in [1.807, 2.05) is 30.3 Å². The second-order valence-electron chi connectivity index (χ2n) is 6.10. The highest BCUT2D eigenvalue weighted by Gasteiger charge is 2.39. The Morgan fingerprint density at radius 1 is 1.04 bits per heavy atom. The number of sulfonamides is 1. The van der Waals surface area contributed by atoms with Crippen LogP contribution in [0.4, 0.5) is 13.2 Å². The van der Waals surface area contributed by atoms with Crippen molar-refractivity contribution in [3.8, 4) is 5.75 Å². The van der Waals surface area contributed by atoms with Crippen molar-refractivity contribution >= 4 is 10.0 Å². The summed E-state index contributed by atoms with van der Waals surface area (Å²) in [6, 6.07) is 14.0. The van der Waals surface area contributed by atoms with Crippen molar-refractivity contribution in [2.75, 3.05) is 6.54 Å². The number of rotatable bonds is 5. The first-order valence-corrected chi connectivity index (χ1v) is 9.62. The fourth-order valence-electron chi connectivity index (χ4n) is 3.21. The highest BCUT2D eigenvalue weighted by atomic mass is 32.2. The average molecular weight is 385 g/mol. The first-order valence-electron chi connectivity index (χ1n) is 8.18. The molecule has 0 amide bonds. The van der Waals surface area contributed by atoms with E-state index in [2.05, 4.69) is 4.74 Å². The van der Waals surface area contributed by atoms with Crippen LogP contribution in [0, 0.1) is 0 Å². The summed E-state index contributed by atoms with van der Waals surface area (Å²) in [5.41, 5.74) is 0.986. The molecular weight excluding hydrogens is 367 g/mol. The van der Waals surface area contributed by atoms with Crippen LogP contribution in [0.5, 0.6) is 5.75 Å². The molecule has 0 saturated carbocycles. The molecule has 1 fully saturated rings. The Kier molecular flexibility index (Phi) is 5.24. The lowest BCUT2D eigenvalue weighted by atomic mass is 10.1. The van der Waals surface area contributed by atoms with Gasteiger partial charge in [0.1, 0.15) is 10.6 Å². The first kappa shape index (κ1) is 18.7. The molecule has 0 aliphatic carbocycles. The fraction of sp³-hybridized carbons (Fsp3) is 0.333. The van der Waals surface area contributed by atoms with Gasteiger partial charge in [-0.1, -0.05) is 42.5 Å². The number of hydrogen-bond donors (Lipinski definition) is 0. The molecule has 0 spiro atoms. The zero-order chi connectivity index (χ0) is 18.8. The highest BCUT2D eigenvalue weighted by Crippen LogP contribution is 2.34. The van der Waals surface area contributed by atoms with Crippen molar-refractivity contribution in [3.05, 3.63) is 60.2 Å². The predicted octanol–water partition coefficient (Wildman–Crippen LogP) is 3.98. The number of halogens is 3. The van der Waals surface area contributed by atoms with Gasteiger partial charge in [-0.15, -0.1) is 13.2 Å². The predicted molar refractivity (Wildman–Crippen MR) is 90.2 cm³/mol. The Bertz CT molecular complexity index is 853. The summed E-state index contributed by atoms with van der Waals surface area (Å²) >= 11 is 0. The van der Waals surface area contributed by atoms with Crippen molar-refractivity contribution in [3.63, 3.8) is 0 Å². The molecule has 1 unspecified atom stereocenters. The zero-order valence-electron chi connectivity index (χ0n) is 13.8. The molecule has 0 bridgehead atoms. The molecule has 26 heavy (non-hydrogen) atoms. The van der Waals surface area contributed by atoms with E-state index in [1.165, 1.54) is 16.4 Å². The molecule has 2 aromatic carbocycles. The molecule has 1 heterocycles. The minimum atomic E-state index is -4.96. The van der Waals surface area contributed by atoms with E-state index in [1.54, 1.807) is 0 Å². The topological polar surface area (TPSA) is 46.6 Å². The molecule has 1 aliphatic rings. The normalized spacial score (nSPS) is 18.8. The number of hydrogen-bond acceptors (Lipinski definition) is 3. The van der Waals surface area contributed by atoms with E-state index >= 15 is 0 Å². The molecule has 1 saturated heterocycles. The van der Waals surface area contributed by atoms with Gasteiger partial charge >= 0.3 is 6.36 Å². The van der Waals surface area contributed by atoms with Gasteiger partial charge < -0.3 is 4.74 Å². The molecule has 0 aromatic heterocycles. The molecule has 2 aromatic rings. The Balaban J connectivity index is 1.90. The number of ether oxygens (including phenoxy) is 1. The Morgan fingerprint density at radius 2 is 1.69 bits per heavy atom. The summed E-state index contributed by atoms with van der Waals surface area (Å²) < 4.78 is 69.1. The van der Waals surface area contributed by atoms with Crippen molar-refractivity contribution in [2.45, 2.75) is 36.6 Å². The van der Waals surface area contributed by atoms with Gasteiger partial charge in [0.15, 0.2) is 0 Å². The Hall–Kier alpha value is -2.06. The standard InChI is InChI=1S/C18H18F3NO3S/c19-18(20,21)25-16-10-4-5-11-17(16)26(23,24)22-12-6-9-15(22)13-14-7-2-1-3-8-14/h1-5,7-8,10-11,15H,6,9,12-13H2. The maximum absolute atomic E-state index is 13.0. The van der Waals surface area contributed by atoms with E-state index in [4.69, 9.17) is 0 Å². The van der Waals surface area contributed by atoms with E-state index in [9.17, 15) is 21.6 Å². The van der Waals surface area contributed by atoms with Gasteiger partial charge in [-0.25, -0.2) is 8.42 Å². The van der Waals surface area contributed by atoms with Gasteiger partial charge in [0.25, 0.3) is 0 Å².